The summed E-state index contributed by atoms with van der Waals surface area (Å²) in [6.45, 7) is 0. The quantitative estimate of drug-likeness (QED) is 0.302. The molecule has 0 amide bonds. The van der Waals surface area contributed by atoms with Crippen LogP contribution < -0.4 is 10.6 Å². The third-order valence-electron chi connectivity index (χ3n) is 4.13. The average Bonchev–Trinajstić information content (AvgIpc) is 2.77. The Kier molecular flexibility index (Phi) is 6.80. The number of hydrogen-bond acceptors (Lipinski definition) is 10. The number of methoxy groups -OCH3 is 2. The van der Waals surface area contributed by atoms with E-state index in [0.29, 0.717) is 10.7 Å². The van der Waals surface area contributed by atoms with E-state index in [0.717, 1.165) is 6.33 Å². The molecule has 3 rings (SSSR count). The standard InChI is InChI=1S/C20H16ClN5O6/c1-31-19(27)11-6-12(20(28)32-2)8-15(7-11)25-18-16(26(29)30)17(22-10-23-18)24-14-5-3-4-13(21)9-14/h3-10H,1-2H3,(H2,22,23,24,25). The first-order valence-corrected chi connectivity index (χ1v) is 9.31. The SMILES string of the molecule is COC(=O)c1cc(Nc2ncnc(Nc3cccc(Cl)c3)c2[N+](=O)[O-])cc(C(=O)OC)c1. The Bertz CT molecular complexity index is 1170. The fraction of sp³-hybridized carbons (Fsp3) is 0.100. The van der Waals surface area contributed by atoms with E-state index in [1.807, 2.05) is 0 Å². The van der Waals surface area contributed by atoms with E-state index in [-0.39, 0.29) is 28.5 Å². The van der Waals surface area contributed by atoms with Crippen LogP contribution in [0.15, 0.2) is 48.8 Å². The lowest BCUT2D eigenvalue weighted by Gasteiger charge is -2.12. The van der Waals surface area contributed by atoms with Crippen molar-refractivity contribution in [3.8, 4) is 0 Å². The Morgan fingerprint density at radius 2 is 1.50 bits per heavy atom. The minimum Gasteiger partial charge on any atom is -0.465 e. The number of anilines is 4. The van der Waals surface area contributed by atoms with Gasteiger partial charge in [-0.15, -0.1) is 0 Å². The monoisotopic (exact) mass is 457 g/mol. The molecule has 0 aliphatic carbocycles. The van der Waals surface area contributed by atoms with Gasteiger partial charge in [-0.05, 0) is 36.4 Å². The number of aromatic nitrogens is 2. The minimum atomic E-state index is -0.709. The number of esters is 2. The second-order valence-electron chi connectivity index (χ2n) is 6.22. The van der Waals surface area contributed by atoms with Crippen molar-refractivity contribution >= 4 is 52.2 Å². The first-order chi connectivity index (χ1) is 15.3. The third-order valence-corrected chi connectivity index (χ3v) is 4.37. The van der Waals surface area contributed by atoms with Gasteiger partial charge >= 0.3 is 17.6 Å². The van der Waals surface area contributed by atoms with Crippen molar-refractivity contribution in [2.24, 2.45) is 0 Å². The molecule has 164 valence electrons. The van der Waals surface area contributed by atoms with Crippen LogP contribution in [0.25, 0.3) is 0 Å². The zero-order valence-corrected chi connectivity index (χ0v) is 17.5. The molecular weight excluding hydrogens is 442 g/mol. The van der Waals surface area contributed by atoms with Crippen molar-refractivity contribution in [3.63, 3.8) is 0 Å². The molecule has 1 heterocycles. The number of carbonyl (C=O) groups is 2. The van der Waals surface area contributed by atoms with Crippen molar-refractivity contribution in [2.45, 2.75) is 0 Å². The van der Waals surface area contributed by atoms with Crippen LogP contribution in [0, 0.1) is 10.1 Å². The number of nitro groups is 1. The Labute approximate surface area is 186 Å². The highest BCUT2D eigenvalue weighted by Crippen LogP contribution is 2.33. The van der Waals surface area contributed by atoms with Gasteiger partial charge in [0.2, 0.25) is 11.6 Å². The highest BCUT2D eigenvalue weighted by Gasteiger charge is 2.24. The second-order valence-corrected chi connectivity index (χ2v) is 6.66. The molecule has 0 fully saturated rings. The van der Waals surface area contributed by atoms with Crippen LogP contribution >= 0.6 is 11.6 Å². The number of rotatable bonds is 7. The maximum absolute atomic E-state index is 12.0. The van der Waals surface area contributed by atoms with Crippen LogP contribution in [0.2, 0.25) is 5.02 Å². The molecule has 12 heteroatoms. The van der Waals surface area contributed by atoms with Gasteiger partial charge in [-0.3, -0.25) is 10.1 Å². The summed E-state index contributed by atoms with van der Waals surface area (Å²) in [6, 6.07) is 10.5. The van der Waals surface area contributed by atoms with Crippen molar-refractivity contribution in [1.29, 1.82) is 0 Å². The fourth-order valence-electron chi connectivity index (χ4n) is 2.75. The molecule has 1 aromatic heterocycles. The molecular formula is C20H16ClN5O6. The van der Waals surface area contributed by atoms with Crippen LogP contribution in [-0.2, 0) is 9.47 Å². The largest absolute Gasteiger partial charge is 0.465 e. The van der Waals surface area contributed by atoms with Gasteiger partial charge in [0.25, 0.3) is 0 Å². The minimum absolute atomic E-state index is 0.0342. The lowest BCUT2D eigenvalue weighted by Crippen LogP contribution is -2.09. The Hall–Kier alpha value is -4.25. The predicted molar refractivity (Wildman–Crippen MR) is 116 cm³/mol. The zero-order valence-electron chi connectivity index (χ0n) is 16.8. The summed E-state index contributed by atoms with van der Waals surface area (Å²) in [5.74, 6) is -1.68. The second kappa shape index (κ2) is 9.71. The molecule has 0 atom stereocenters. The molecule has 0 aliphatic rings. The molecule has 0 radical (unpaired) electrons. The highest BCUT2D eigenvalue weighted by atomic mass is 35.5. The van der Waals surface area contributed by atoms with E-state index >= 15 is 0 Å². The van der Waals surface area contributed by atoms with Gasteiger partial charge < -0.3 is 20.1 Å². The van der Waals surface area contributed by atoms with E-state index in [2.05, 4.69) is 20.6 Å². The van der Waals surface area contributed by atoms with Crippen molar-refractivity contribution in [1.82, 2.24) is 9.97 Å². The third kappa shape index (κ3) is 5.08. The van der Waals surface area contributed by atoms with Gasteiger partial charge in [0.1, 0.15) is 6.33 Å². The maximum Gasteiger partial charge on any atom is 0.353 e. The van der Waals surface area contributed by atoms with Gasteiger partial charge in [-0.25, -0.2) is 19.6 Å². The van der Waals surface area contributed by atoms with E-state index < -0.39 is 22.5 Å². The first-order valence-electron chi connectivity index (χ1n) is 8.93. The lowest BCUT2D eigenvalue weighted by atomic mass is 10.1. The smallest absolute Gasteiger partial charge is 0.353 e. The van der Waals surface area contributed by atoms with Gasteiger partial charge in [0.15, 0.2) is 0 Å². The summed E-state index contributed by atoms with van der Waals surface area (Å²) >= 11 is 5.96. The zero-order chi connectivity index (χ0) is 23.3. The number of carbonyl (C=O) groups excluding carboxylic acids is 2. The summed E-state index contributed by atoms with van der Waals surface area (Å²) < 4.78 is 9.39. The molecule has 0 saturated heterocycles. The van der Waals surface area contributed by atoms with Gasteiger partial charge in [-0.1, -0.05) is 17.7 Å². The Morgan fingerprint density at radius 3 is 2.00 bits per heavy atom. The number of halogens is 1. The number of hydrogen-bond donors (Lipinski definition) is 2. The van der Waals surface area contributed by atoms with Gasteiger partial charge in [0.05, 0.1) is 30.3 Å². The topological polar surface area (TPSA) is 146 Å². The van der Waals surface area contributed by atoms with E-state index in [4.69, 9.17) is 21.1 Å². The van der Waals surface area contributed by atoms with E-state index in [9.17, 15) is 19.7 Å². The molecule has 0 saturated carbocycles. The number of nitrogens with one attached hydrogen (secondary N) is 2. The molecule has 0 bridgehead atoms. The molecule has 32 heavy (non-hydrogen) atoms. The molecule has 2 aromatic carbocycles. The Balaban J connectivity index is 2.04. The molecule has 0 aliphatic heterocycles. The molecule has 0 unspecified atom stereocenters. The fourth-order valence-corrected chi connectivity index (χ4v) is 2.94. The van der Waals surface area contributed by atoms with Crippen molar-refractivity contribution in [3.05, 3.63) is 75.1 Å². The summed E-state index contributed by atoms with van der Waals surface area (Å²) in [5.41, 5.74) is 0.254. The first kappa shape index (κ1) is 22.4. The maximum atomic E-state index is 12.0. The molecule has 2 N–H and O–H groups in total. The molecule has 11 nitrogen and oxygen atoms in total. The summed E-state index contributed by atoms with van der Waals surface area (Å²) in [5, 5.41) is 17.8. The average molecular weight is 458 g/mol. The van der Waals surface area contributed by atoms with E-state index in [1.165, 1.54) is 32.4 Å². The number of nitrogens with zero attached hydrogens (tertiary/aromatic N) is 3. The lowest BCUT2D eigenvalue weighted by molar-refractivity contribution is -0.383. The molecule has 0 spiro atoms. The highest BCUT2D eigenvalue weighted by molar-refractivity contribution is 6.30. The van der Waals surface area contributed by atoms with Crippen LogP contribution in [-0.4, -0.2) is 41.0 Å². The predicted octanol–water partition coefficient (Wildman–Crippen LogP) is 4.10. The van der Waals surface area contributed by atoms with Crippen LogP contribution in [0.4, 0.5) is 28.7 Å². The molecule has 3 aromatic rings. The normalized spacial score (nSPS) is 10.2. The summed E-state index contributed by atoms with van der Waals surface area (Å²) in [6.07, 6.45) is 1.12. The van der Waals surface area contributed by atoms with Crippen LogP contribution in [0.5, 0.6) is 0 Å². The number of benzene rings is 2. The van der Waals surface area contributed by atoms with Crippen LogP contribution in [0.3, 0.4) is 0 Å². The van der Waals surface area contributed by atoms with Crippen LogP contribution in [0.1, 0.15) is 20.7 Å². The van der Waals surface area contributed by atoms with Gasteiger partial charge in [-0.2, -0.15) is 0 Å². The van der Waals surface area contributed by atoms with Crippen molar-refractivity contribution in [2.75, 3.05) is 24.9 Å². The summed E-state index contributed by atoms with van der Waals surface area (Å²) in [7, 11) is 2.37. The van der Waals surface area contributed by atoms with E-state index in [1.54, 1.807) is 24.3 Å². The Morgan fingerprint density at radius 1 is 0.938 bits per heavy atom. The number of ether oxygens (including phenoxy) is 2. The van der Waals surface area contributed by atoms with Crippen molar-refractivity contribution < 1.29 is 24.0 Å². The summed E-state index contributed by atoms with van der Waals surface area (Å²) in [4.78, 5) is 43.0. The van der Waals surface area contributed by atoms with Gasteiger partial charge in [0, 0.05) is 16.4 Å².